The second-order valence-corrected chi connectivity index (χ2v) is 9.53. The summed E-state index contributed by atoms with van der Waals surface area (Å²) in [6, 6.07) is 5.02. The molecule has 1 aromatic carbocycles. The molecule has 13 heteroatoms. The molecule has 1 saturated heterocycles. The van der Waals surface area contributed by atoms with Crippen LogP contribution in [0.15, 0.2) is 29.2 Å². The van der Waals surface area contributed by atoms with E-state index < -0.39 is 29.4 Å². The summed E-state index contributed by atoms with van der Waals surface area (Å²) in [6.45, 7) is 0.428. The summed E-state index contributed by atoms with van der Waals surface area (Å²) in [7, 11) is 0. The van der Waals surface area contributed by atoms with Gasteiger partial charge in [0.05, 0.1) is 48.8 Å². The average Bonchev–Trinajstić information content (AvgIpc) is 2.86. The molecular weight excluding hydrogens is 520 g/mol. The highest BCUT2D eigenvalue weighted by atomic mass is 35.5. The molecule has 1 N–H and O–H groups in total. The summed E-state index contributed by atoms with van der Waals surface area (Å²) in [5.41, 5.74) is -1.71. The Bertz CT molecular complexity index is 1200. The highest BCUT2D eigenvalue weighted by Crippen LogP contribution is 2.37. The Balaban J connectivity index is 1.39. The molecule has 0 radical (unpaired) electrons. The highest BCUT2D eigenvalue weighted by molar-refractivity contribution is 6.32. The van der Waals surface area contributed by atoms with Crippen LogP contribution in [0.2, 0.25) is 5.02 Å². The zero-order valence-corrected chi connectivity index (χ0v) is 20.4. The van der Waals surface area contributed by atoms with Gasteiger partial charge >= 0.3 is 6.36 Å². The Morgan fingerprint density at radius 1 is 1.27 bits per heavy atom. The predicted molar refractivity (Wildman–Crippen MR) is 126 cm³/mol. The predicted octanol–water partition coefficient (Wildman–Crippen LogP) is 5.16. The average molecular weight is 545 g/mol. The molecule has 1 aliphatic heterocycles. The Morgan fingerprint density at radius 3 is 2.68 bits per heavy atom. The van der Waals surface area contributed by atoms with E-state index in [4.69, 9.17) is 26.3 Å². The first-order valence-corrected chi connectivity index (χ1v) is 12.2. The Kier molecular flexibility index (Phi) is 8.14. The number of hydrogen-bond donors (Lipinski definition) is 1. The maximum absolute atomic E-state index is 14.8. The number of rotatable bonds is 7. The van der Waals surface area contributed by atoms with Crippen LogP contribution >= 0.6 is 11.6 Å². The van der Waals surface area contributed by atoms with Crippen LogP contribution in [0.5, 0.6) is 11.5 Å². The van der Waals surface area contributed by atoms with Gasteiger partial charge in [-0.05, 0) is 50.7 Å². The van der Waals surface area contributed by atoms with E-state index in [0.717, 1.165) is 6.07 Å². The third kappa shape index (κ3) is 6.84. The minimum absolute atomic E-state index is 0.0297. The Morgan fingerprint density at radius 2 is 2.03 bits per heavy atom. The lowest BCUT2D eigenvalue weighted by molar-refractivity contribution is -0.275. The fourth-order valence-electron chi connectivity index (χ4n) is 4.51. The molecule has 37 heavy (non-hydrogen) atoms. The van der Waals surface area contributed by atoms with Gasteiger partial charge in [-0.15, -0.1) is 13.2 Å². The maximum Gasteiger partial charge on any atom is 0.573 e. The van der Waals surface area contributed by atoms with Crippen molar-refractivity contribution in [3.05, 3.63) is 45.3 Å². The van der Waals surface area contributed by atoms with E-state index in [2.05, 4.69) is 15.2 Å². The second-order valence-electron chi connectivity index (χ2n) is 9.15. The van der Waals surface area contributed by atoms with Gasteiger partial charge in [-0.3, -0.25) is 4.79 Å². The normalized spacial score (nSPS) is 24.2. The van der Waals surface area contributed by atoms with E-state index in [1.54, 1.807) is 0 Å². The van der Waals surface area contributed by atoms with E-state index >= 15 is 0 Å². The molecule has 200 valence electrons. The molecule has 2 heterocycles. The van der Waals surface area contributed by atoms with Gasteiger partial charge in [0.25, 0.3) is 5.56 Å². The van der Waals surface area contributed by atoms with Gasteiger partial charge in [0.15, 0.2) is 17.2 Å². The van der Waals surface area contributed by atoms with Crippen LogP contribution in [0.25, 0.3) is 0 Å². The second kappa shape index (κ2) is 11.1. The van der Waals surface area contributed by atoms with Crippen LogP contribution in [-0.4, -0.2) is 47.7 Å². The number of aromatic nitrogens is 2. The van der Waals surface area contributed by atoms with Crippen molar-refractivity contribution in [3.8, 4) is 17.6 Å². The number of nitriles is 1. The largest absolute Gasteiger partial charge is 0.573 e. The summed E-state index contributed by atoms with van der Waals surface area (Å²) in [5.74, 6) is -0.709. The molecule has 1 aliphatic carbocycles. The lowest BCUT2D eigenvalue weighted by Crippen LogP contribution is -2.41. The first-order chi connectivity index (χ1) is 17.6. The standard InChI is InChI=1S/C24H25ClF4N4O4/c25-21-18(31-13-23(26)8-1-9-35-14-23)12-32-33(22(21)34)16-3-5-17(6-4-16)36-20-10-15(11-30)2-7-19(20)37-24(27,28)29/h2,7,10,12,16-17,31H,1,3-6,8-9,13-14H2/t16?,17?,23-/m0/s1. The van der Waals surface area contributed by atoms with Crippen molar-refractivity contribution in [1.82, 2.24) is 9.78 Å². The molecule has 0 amide bonds. The summed E-state index contributed by atoms with van der Waals surface area (Å²) in [5, 5.41) is 16.1. The summed E-state index contributed by atoms with van der Waals surface area (Å²) in [4.78, 5) is 12.9. The zero-order valence-electron chi connectivity index (χ0n) is 19.7. The van der Waals surface area contributed by atoms with Crippen LogP contribution in [0.4, 0.5) is 23.2 Å². The van der Waals surface area contributed by atoms with Gasteiger partial charge < -0.3 is 19.5 Å². The third-order valence-electron chi connectivity index (χ3n) is 6.40. The fourth-order valence-corrected chi connectivity index (χ4v) is 4.71. The first-order valence-electron chi connectivity index (χ1n) is 11.8. The van der Waals surface area contributed by atoms with E-state index in [9.17, 15) is 22.4 Å². The number of alkyl halides is 4. The summed E-state index contributed by atoms with van der Waals surface area (Å²) >= 11 is 6.27. The monoisotopic (exact) mass is 544 g/mol. The van der Waals surface area contributed by atoms with Gasteiger partial charge in [-0.2, -0.15) is 10.4 Å². The smallest absolute Gasteiger partial charge is 0.486 e. The molecule has 1 saturated carbocycles. The zero-order chi connectivity index (χ0) is 26.6. The lowest BCUT2D eigenvalue weighted by Gasteiger charge is -2.31. The van der Waals surface area contributed by atoms with Crippen LogP contribution in [-0.2, 0) is 4.74 Å². The molecule has 2 fully saturated rings. The number of nitrogens with zero attached hydrogens (tertiary/aromatic N) is 3. The highest BCUT2D eigenvalue weighted by Gasteiger charge is 2.34. The molecule has 2 aromatic rings. The number of anilines is 1. The van der Waals surface area contributed by atoms with Crippen molar-refractivity contribution < 1.29 is 31.8 Å². The number of halogens is 5. The van der Waals surface area contributed by atoms with E-state index in [1.165, 1.54) is 23.0 Å². The van der Waals surface area contributed by atoms with Crippen LogP contribution in [0.1, 0.15) is 50.1 Å². The quantitative estimate of drug-likeness (QED) is 0.481. The minimum atomic E-state index is -4.91. The van der Waals surface area contributed by atoms with Crippen LogP contribution < -0.4 is 20.3 Å². The molecule has 1 atom stereocenters. The topological polar surface area (TPSA) is 98.4 Å². The van der Waals surface area contributed by atoms with E-state index in [1.807, 2.05) is 6.07 Å². The van der Waals surface area contributed by atoms with Crippen LogP contribution in [0.3, 0.4) is 0 Å². The van der Waals surface area contributed by atoms with Crippen molar-refractivity contribution >= 4 is 17.3 Å². The number of benzene rings is 1. The maximum atomic E-state index is 14.8. The molecule has 0 spiro atoms. The molecule has 8 nitrogen and oxygen atoms in total. The Hall–Kier alpha value is -3.04. The fraction of sp³-hybridized carbons (Fsp3) is 0.542. The molecule has 0 unspecified atom stereocenters. The molecule has 4 rings (SSSR count). The van der Waals surface area contributed by atoms with Gasteiger partial charge in [-0.25, -0.2) is 9.07 Å². The molecule has 2 aliphatic rings. The van der Waals surface area contributed by atoms with Gasteiger partial charge in [0.2, 0.25) is 0 Å². The molecule has 1 aromatic heterocycles. The summed E-state index contributed by atoms with van der Waals surface area (Å²) < 4.78 is 69.3. The van der Waals surface area contributed by atoms with Gasteiger partial charge in [0, 0.05) is 12.7 Å². The number of hydrogen-bond acceptors (Lipinski definition) is 7. The first kappa shape index (κ1) is 27.0. The van der Waals surface area contributed by atoms with Gasteiger partial charge in [0.1, 0.15) is 5.02 Å². The SMILES string of the molecule is N#Cc1ccc(OC(F)(F)F)c(OC2CCC(n3ncc(NC[C@@]4(F)CCCOC4)c(Cl)c3=O)CC2)c1. The molecule has 0 bridgehead atoms. The van der Waals surface area contributed by atoms with Crippen molar-refractivity contribution in [3.63, 3.8) is 0 Å². The number of nitrogens with one attached hydrogen (secondary N) is 1. The van der Waals surface area contributed by atoms with Crippen molar-refractivity contribution in [1.29, 1.82) is 5.26 Å². The van der Waals surface area contributed by atoms with Crippen molar-refractivity contribution in [2.75, 3.05) is 25.1 Å². The van der Waals surface area contributed by atoms with E-state index in [0.29, 0.717) is 45.1 Å². The lowest BCUT2D eigenvalue weighted by atomic mass is 9.93. The van der Waals surface area contributed by atoms with E-state index in [-0.39, 0.29) is 41.2 Å². The van der Waals surface area contributed by atoms with Crippen molar-refractivity contribution in [2.45, 2.75) is 62.7 Å². The Labute approximate surface area is 215 Å². The van der Waals surface area contributed by atoms with Crippen molar-refractivity contribution in [2.24, 2.45) is 0 Å². The third-order valence-corrected chi connectivity index (χ3v) is 6.76. The summed E-state index contributed by atoms with van der Waals surface area (Å²) in [6.07, 6.45) is -1.27. The van der Waals surface area contributed by atoms with Crippen LogP contribution in [0, 0.1) is 11.3 Å². The molecular formula is C24H25ClF4N4O4. The minimum Gasteiger partial charge on any atom is -0.486 e. The number of ether oxygens (including phenoxy) is 3. The van der Waals surface area contributed by atoms with Gasteiger partial charge in [-0.1, -0.05) is 11.6 Å².